The topological polar surface area (TPSA) is 30.5 Å². The van der Waals surface area contributed by atoms with Crippen LogP contribution in [0.1, 0.15) is 30.5 Å². The smallest absolute Gasteiger partial charge is 0.127 e. The fraction of sp³-hybridized carbons (Fsp3) is 0.375. The Labute approximate surface area is 138 Å². The first-order valence-corrected chi connectivity index (χ1v) is 8.61. The van der Waals surface area contributed by atoms with Gasteiger partial charge in [-0.25, -0.2) is 0 Å². The zero-order valence-corrected chi connectivity index (χ0v) is 14.9. The molecule has 0 aliphatic rings. The van der Waals surface area contributed by atoms with E-state index in [9.17, 15) is 0 Å². The Morgan fingerprint density at radius 2 is 2.00 bits per heavy atom. The molecule has 0 bridgehead atoms. The van der Waals surface area contributed by atoms with E-state index in [1.54, 1.807) is 25.6 Å². The van der Waals surface area contributed by atoms with Crippen molar-refractivity contribution in [1.82, 2.24) is 5.32 Å². The average Bonchev–Trinajstić information content (AvgIpc) is 2.94. The number of methoxy groups -OCH3 is 2. The first-order chi connectivity index (χ1) is 10.2. The average molecular weight is 370 g/mol. The molecular formula is C16H20BrNO2S. The number of hydrogen-bond acceptors (Lipinski definition) is 4. The van der Waals surface area contributed by atoms with Crippen LogP contribution in [0, 0.1) is 0 Å². The van der Waals surface area contributed by atoms with Crippen LogP contribution in [0.15, 0.2) is 33.4 Å². The van der Waals surface area contributed by atoms with Gasteiger partial charge in [0.1, 0.15) is 11.5 Å². The minimum Gasteiger partial charge on any atom is -0.497 e. The Balaban J connectivity index is 2.43. The minimum atomic E-state index is 0.103. The van der Waals surface area contributed by atoms with Crippen LogP contribution in [0.25, 0.3) is 0 Å². The fourth-order valence-corrected chi connectivity index (χ4v) is 3.78. The monoisotopic (exact) mass is 369 g/mol. The molecule has 1 aromatic heterocycles. The summed E-state index contributed by atoms with van der Waals surface area (Å²) in [7, 11) is 3.36. The van der Waals surface area contributed by atoms with E-state index in [0.717, 1.165) is 34.5 Å². The molecule has 0 aliphatic carbocycles. The molecule has 5 heteroatoms. The summed E-state index contributed by atoms with van der Waals surface area (Å²) in [6, 6.07) is 6.07. The summed E-state index contributed by atoms with van der Waals surface area (Å²) in [5.41, 5.74) is 2.35. The van der Waals surface area contributed by atoms with Gasteiger partial charge in [-0.15, -0.1) is 0 Å². The van der Waals surface area contributed by atoms with Gasteiger partial charge < -0.3 is 14.8 Å². The van der Waals surface area contributed by atoms with Gasteiger partial charge in [0.15, 0.2) is 0 Å². The molecule has 1 N–H and O–H groups in total. The second-order valence-electron chi connectivity index (χ2n) is 4.67. The van der Waals surface area contributed by atoms with Crippen LogP contribution in [0.2, 0.25) is 0 Å². The van der Waals surface area contributed by atoms with Crippen LogP contribution in [0.4, 0.5) is 0 Å². The lowest BCUT2D eigenvalue weighted by Crippen LogP contribution is -2.23. The van der Waals surface area contributed by atoms with Crippen LogP contribution < -0.4 is 14.8 Å². The lowest BCUT2D eigenvalue weighted by molar-refractivity contribution is 0.387. The van der Waals surface area contributed by atoms with Crippen molar-refractivity contribution in [2.45, 2.75) is 19.4 Å². The van der Waals surface area contributed by atoms with Crippen molar-refractivity contribution in [2.75, 3.05) is 20.8 Å². The zero-order chi connectivity index (χ0) is 15.2. The molecule has 2 aromatic rings. The second kappa shape index (κ2) is 7.82. The number of nitrogens with one attached hydrogen (secondary N) is 1. The van der Waals surface area contributed by atoms with Gasteiger partial charge in [0, 0.05) is 21.5 Å². The zero-order valence-electron chi connectivity index (χ0n) is 12.5. The van der Waals surface area contributed by atoms with E-state index in [1.165, 1.54) is 5.56 Å². The first-order valence-electron chi connectivity index (χ1n) is 6.88. The highest BCUT2D eigenvalue weighted by Gasteiger charge is 2.21. The van der Waals surface area contributed by atoms with Crippen molar-refractivity contribution < 1.29 is 9.47 Å². The minimum absolute atomic E-state index is 0.103. The molecule has 1 unspecified atom stereocenters. The summed E-state index contributed by atoms with van der Waals surface area (Å²) in [6.07, 6.45) is 1.08. The second-order valence-corrected chi connectivity index (χ2v) is 6.27. The standard InChI is InChI=1S/C16H20BrNO2S/c1-4-7-18-16(13-9-21-10-14(13)17)12-6-5-11(19-2)8-15(12)20-3/h5-6,8-10,16,18H,4,7H2,1-3H3. The van der Waals surface area contributed by atoms with E-state index >= 15 is 0 Å². The maximum atomic E-state index is 5.55. The van der Waals surface area contributed by atoms with E-state index in [2.05, 4.69) is 45.0 Å². The molecule has 0 amide bonds. The molecule has 0 aliphatic heterocycles. The van der Waals surface area contributed by atoms with E-state index in [-0.39, 0.29) is 6.04 Å². The molecule has 2 rings (SSSR count). The van der Waals surface area contributed by atoms with Crippen molar-refractivity contribution in [3.63, 3.8) is 0 Å². The number of halogens is 1. The molecule has 0 fully saturated rings. The first kappa shape index (κ1) is 16.3. The van der Waals surface area contributed by atoms with Crippen LogP contribution >= 0.6 is 27.3 Å². The summed E-state index contributed by atoms with van der Waals surface area (Å²) >= 11 is 5.33. The summed E-state index contributed by atoms with van der Waals surface area (Å²) in [5, 5.41) is 7.87. The third kappa shape index (κ3) is 3.78. The predicted molar refractivity (Wildman–Crippen MR) is 91.7 cm³/mol. The molecular weight excluding hydrogens is 350 g/mol. The van der Waals surface area contributed by atoms with Crippen LogP contribution in [0.5, 0.6) is 11.5 Å². The van der Waals surface area contributed by atoms with Gasteiger partial charge in [-0.2, -0.15) is 11.3 Å². The molecule has 21 heavy (non-hydrogen) atoms. The molecule has 1 heterocycles. The van der Waals surface area contributed by atoms with Gasteiger partial charge in [0.2, 0.25) is 0 Å². The Morgan fingerprint density at radius 3 is 2.57 bits per heavy atom. The van der Waals surface area contributed by atoms with Gasteiger partial charge in [-0.3, -0.25) is 0 Å². The Morgan fingerprint density at radius 1 is 1.19 bits per heavy atom. The summed E-state index contributed by atoms with van der Waals surface area (Å²) < 4.78 is 12.0. The van der Waals surface area contributed by atoms with Crippen LogP contribution in [-0.2, 0) is 0 Å². The summed E-state index contributed by atoms with van der Waals surface area (Å²) in [5.74, 6) is 1.63. The maximum absolute atomic E-state index is 5.55. The molecule has 0 radical (unpaired) electrons. The van der Waals surface area contributed by atoms with Crippen LogP contribution in [-0.4, -0.2) is 20.8 Å². The highest BCUT2D eigenvalue weighted by molar-refractivity contribution is 9.10. The lowest BCUT2D eigenvalue weighted by atomic mass is 9.99. The van der Waals surface area contributed by atoms with Gasteiger partial charge in [-0.1, -0.05) is 6.92 Å². The highest BCUT2D eigenvalue weighted by Crippen LogP contribution is 2.37. The van der Waals surface area contributed by atoms with Crippen molar-refractivity contribution in [2.24, 2.45) is 0 Å². The molecule has 0 saturated heterocycles. The number of rotatable bonds is 7. The fourth-order valence-electron chi connectivity index (χ4n) is 2.23. The Kier molecular flexibility index (Phi) is 6.08. The quantitative estimate of drug-likeness (QED) is 0.772. The van der Waals surface area contributed by atoms with Crippen LogP contribution in [0.3, 0.4) is 0 Å². The number of thiophene rings is 1. The van der Waals surface area contributed by atoms with Crippen molar-refractivity contribution in [3.8, 4) is 11.5 Å². The summed E-state index contributed by atoms with van der Waals surface area (Å²) in [4.78, 5) is 0. The van der Waals surface area contributed by atoms with Crippen molar-refractivity contribution in [1.29, 1.82) is 0 Å². The van der Waals surface area contributed by atoms with Crippen molar-refractivity contribution >= 4 is 27.3 Å². The van der Waals surface area contributed by atoms with Crippen molar-refractivity contribution in [3.05, 3.63) is 44.6 Å². The van der Waals surface area contributed by atoms with Gasteiger partial charge in [0.25, 0.3) is 0 Å². The molecule has 114 valence electrons. The molecule has 3 nitrogen and oxygen atoms in total. The predicted octanol–water partition coefficient (Wildman–Crippen LogP) is 4.62. The Hall–Kier alpha value is -1.04. The third-order valence-corrected chi connectivity index (χ3v) is 5.06. The molecule has 1 atom stereocenters. The normalized spacial score (nSPS) is 12.2. The van der Waals surface area contributed by atoms with Gasteiger partial charge >= 0.3 is 0 Å². The van der Waals surface area contributed by atoms with E-state index in [4.69, 9.17) is 9.47 Å². The Bertz CT molecular complexity index is 585. The number of benzene rings is 1. The van der Waals surface area contributed by atoms with E-state index in [0.29, 0.717) is 0 Å². The highest BCUT2D eigenvalue weighted by atomic mass is 79.9. The van der Waals surface area contributed by atoms with Gasteiger partial charge in [0.05, 0.1) is 20.3 Å². The SMILES string of the molecule is CCCNC(c1cscc1Br)c1ccc(OC)cc1OC. The third-order valence-electron chi connectivity index (χ3n) is 3.30. The lowest BCUT2D eigenvalue weighted by Gasteiger charge is -2.21. The summed E-state index contributed by atoms with van der Waals surface area (Å²) in [6.45, 7) is 3.11. The molecule has 0 spiro atoms. The van der Waals surface area contributed by atoms with E-state index in [1.807, 2.05) is 12.1 Å². The maximum Gasteiger partial charge on any atom is 0.127 e. The number of ether oxygens (including phenoxy) is 2. The molecule has 0 saturated carbocycles. The van der Waals surface area contributed by atoms with E-state index < -0.39 is 0 Å². The van der Waals surface area contributed by atoms with Gasteiger partial charge in [-0.05, 0) is 52.0 Å². The molecule has 1 aromatic carbocycles. The largest absolute Gasteiger partial charge is 0.497 e. The number of hydrogen-bond donors (Lipinski definition) is 1.